The van der Waals surface area contributed by atoms with Crippen molar-refractivity contribution >= 4 is 5.97 Å². The van der Waals surface area contributed by atoms with Crippen LogP contribution in [0.3, 0.4) is 0 Å². The summed E-state index contributed by atoms with van der Waals surface area (Å²) in [6.45, 7) is 3.55. The van der Waals surface area contributed by atoms with Gasteiger partial charge in [-0.3, -0.25) is 0 Å². The van der Waals surface area contributed by atoms with E-state index in [9.17, 15) is 9.59 Å². The highest BCUT2D eigenvalue weighted by molar-refractivity contribution is 5.88. The van der Waals surface area contributed by atoms with Gasteiger partial charge in [-0.1, -0.05) is 0 Å². The van der Waals surface area contributed by atoms with Crippen molar-refractivity contribution in [2.75, 3.05) is 6.61 Å². The van der Waals surface area contributed by atoms with E-state index in [1.807, 2.05) is 0 Å². The van der Waals surface area contributed by atoms with E-state index in [0.717, 1.165) is 0 Å². The van der Waals surface area contributed by atoms with Crippen molar-refractivity contribution in [3.05, 3.63) is 33.9 Å². The fraction of sp³-hybridized carbons (Fsp3) is 0.333. The lowest BCUT2D eigenvalue weighted by molar-refractivity contribution is 0.0521. The normalized spacial score (nSPS) is 9.69. The Morgan fingerprint density at radius 3 is 2.77 bits per heavy atom. The average molecular weight is 182 g/mol. The molecule has 0 radical (unpaired) electrons. The first-order valence-corrected chi connectivity index (χ1v) is 3.93. The van der Waals surface area contributed by atoms with Gasteiger partial charge in [-0.2, -0.15) is 0 Å². The third-order valence-corrected chi connectivity index (χ3v) is 1.45. The van der Waals surface area contributed by atoms with Crippen molar-refractivity contribution in [3.63, 3.8) is 0 Å². The van der Waals surface area contributed by atoms with Crippen LogP contribution in [0.25, 0.3) is 0 Å². The summed E-state index contributed by atoms with van der Waals surface area (Å²) in [7, 11) is 0. The van der Waals surface area contributed by atoms with E-state index < -0.39 is 11.6 Å². The van der Waals surface area contributed by atoms with Gasteiger partial charge in [0.1, 0.15) is 11.3 Å². The van der Waals surface area contributed by atoms with Crippen molar-refractivity contribution in [1.29, 1.82) is 0 Å². The number of rotatable bonds is 2. The number of hydrogen-bond donors (Lipinski definition) is 0. The van der Waals surface area contributed by atoms with Crippen LogP contribution >= 0.6 is 0 Å². The third kappa shape index (κ3) is 2.18. The summed E-state index contributed by atoms with van der Waals surface area (Å²) in [5.74, 6) is -0.172. The average Bonchev–Trinajstić information content (AvgIpc) is 2.04. The second-order valence-electron chi connectivity index (χ2n) is 2.47. The quantitative estimate of drug-likeness (QED) is 0.643. The van der Waals surface area contributed by atoms with Crippen LogP contribution < -0.4 is 5.63 Å². The summed E-state index contributed by atoms with van der Waals surface area (Å²) >= 11 is 0. The molecule has 1 aromatic heterocycles. The van der Waals surface area contributed by atoms with Crippen LogP contribution in [0.15, 0.2) is 21.3 Å². The number of esters is 1. The van der Waals surface area contributed by atoms with Gasteiger partial charge in [0.15, 0.2) is 0 Å². The van der Waals surface area contributed by atoms with Crippen LogP contribution in [0.5, 0.6) is 0 Å². The summed E-state index contributed by atoms with van der Waals surface area (Å²) in [5, 5.41) is 0. The maximum Gasteiger partial charge on any atom is 0.350 e. The van der Waals surface area contributed by atoms with Crippen molar-refractivity contribution in [2.24, 2.45) is 0 Å². The van der Waals surface area contributed by atoms with Crippen LogP contribution in [0.4, 0.5) is 0 Å². The molecule has 70 valence electrons. The number of hydrogen-bond acceptors (Lipinski definition) is 4. The largest absolute Gasteiger partial charge is 0.462 e. The van der Waals surface area contributed by atoms with Crippen LogP contribution in [0.1, 0.15) is 23.0 Å². The van der Waals surface area contributed by atoms with Crippen LogP contribution in [0, 0.1) is 6.92 Å². The monoisotopic (exact) mass is 182 g/mol. The molecule has 0 aliphatic heterocycles. The van der Waals surface area contributed by atoms with E-state index in [-0.39, 0.29) is 12.2 Å². The Balaban J connectivity index is 3.02. The molecule has 0 unspecified atom stereocenters. The van der Waals surface area contributed by atoms with Crippen LogP contribution in [0.2, 0.25) is 0 Å². The van der Waals surface area contributed by atoms with Gasteiger partial charge in [-0.05, 0) is 26.0 Å². The predicted molar refractivity (Wildman–Crippen MR) is 45.7 cm³/mol. The minimum absolute atomic E-state index is 0.0625. The molecule has 0 N–H and O–H groups in total. The third-order valence-electron chi connectivity index (χ3n) is 1.45. The molecule has 0 fully saturated rings. The second kappa shape index (κ2) is 3.89. The molecule has 0 aliphatic rings. The molecular formula is C9H10O4. The summed E-state index contributed by atoms with van der Waals surface area (Å²) in [4.78, 5) is 22.2. The van der Waals surface area contributed by atoms with Gasteiger partial charge in [0.2, 0.25) is 0 Å². The van der Waals surface area contributed by atoms with Gasteiger partial charge in [0.05, 0.1) is 6.61 Å². The molecule has 0 saturated carbocycles. The first-order valence-electron chi connectivity index (χ1n) is 3.93. The fourth-order valence-corrected chi connectivity index (χ4v) is 0.864. The Labute approximate surface area is 75.1 Å². The smallest absolute Gasteiger partial charge is 0.350 e. The lowest BCUT2D eigenvalue weighted by atomic mass is 10.3. The van der Waals surface area contributed by atoms with Gasteiger partial charge in [0, 0.05) is 0 Å². The van der Waals surface area contributed by atoms with Crippen molar-refractivity contribution in [2.45, 2.75) is 13.8 Å². The zero-order valence-electron chi connectivity index (χ0n) is 7.49. The molecule has 0 atom stereocenters. The first kappa shape index (κ1) is 9.51. The molecular weight excluding hydrogens is 172 g/mol. The molecule has 0 bridgehead atoms. The number of ether oxygens (including phenoxy) is 1. The zero-order chi connectivity index (χ0) is 9.84. The molecule has 0 aliphatic carbocycles. The van der Waals surface area contributed by atoms with Crippen molar-refractivity contribution in [1.82, 2.24) is 0 Å². The minimum Gasteiger partial charge on any atom is -0.462 e. The molecule has 0 amide bonds. The highest BCUT2D eigenvalue weighted by atomic mass is 16.5. The van der Waals surface area contributed by atoms with Gasteiger partial charge in [0.25, 0.3) is 0 Å². The predicted octanol–water partition coefficient (Wildman–Crippen LogP) is 1.12. The van der Waals surface area contributed by atoms with Crippen LogP contribution in [-0.4, -0.2) is 12.6 Å². The topological polar surface area (TPSA) is 56.5 Å². The Hall–Kier alpha value is -1.58. The van der Waals surface area contributed by atoms with E-state index in [4.69, 9.17) is 4.42 Å². The summed E-state index contributed by atoms with van der Waals surface area (Å²) in [6, 6.07) is 2.95. The molecule has 0 spiro atoms. The van der Waals surface area contributed by atoms with E-state index in [1.165, 1.54) is 6.07 Å². The van der Waals surface area contributed by atoms with Gasteiger partial charge in [-0.25, -0.2) is 9.59 Å². The lowest BCUT2D eigenvalue weighted by Crippen LogP contribution is -2.16. The van der Waals surface area contributed by atoms with E-state index in [2.05, 4.69) is 4.74 Å². The summed E-state index contributed by atoms with van der Waals surface area (Å²) in [5.41, 5.74) is -0.717. The van der Waals surface area contributed by atoms with E-state index in [1.54, 1.807) is 19.9 Å². The lowest BCUT2D eigenvalue weighted by Gasteiger charge is -1.99. The SMILES string of the molecule is CCOC(=O)c1ccc(C)oc1=O. The number of carbonyl (C=O) groups excluding carboxylic acids is 1. The fourth-order valence-electron chi connectivity index (χ4n) is 0.864. The molecule has 0 saturated heterocycles. The maximum absolute atomic E-state index is 11.1. The zero-order valence-corrected chi connectivity index (χ0v) is 7.49. The maximum atomic E-state index is 11.1. The molecule has 0 aromatic carbocycles. The van der Waals surface area contributed by atoms with Crippen LogP contribution in [-0.2, 0) is 4.74 Å². The van der Waals surface area contributed by atoms with Crippen molar-refractivity contribution in [3.8, 4) is 0 Å². The Bertz CT molecular complexity index is 364. The Kier molecular flexibility index (Phi) is 2.84. The summed E-state index contributed by atoms with van der Waals surface area (Å²) in [6.07, 6.45) is 0. The first-order chi connectivity index (χ1) is 6.15. The Morgan fingerprint density at radius 2 is 2.23 bits per heavy atom. The number of carbonyl (C=O) groups is 1. The van der Waals surface area contributed by atoms with Gasteiger partial charge < -0.3 is 9.15 Å². The van der Waals surface area contributed by atoms with Gasteiger partial charge >= 0.3 is 11.6 Å². The highest BCUT2D eigenvalue weighted by Gasteiger charge is 2.11. The Morgan fingerprint density at radius 1 is 1.54 bits per heavy atom. The molecule has 4 heteroatoms. The standard InChI is InChI=1S/C9H10O4/c1-3-12-8(10)7-5-4-6(2)13-9(7)11/h4-5H,3H2,1-2H3. The van der Waals surface area contributed by atoms with Crippen molar-refractivity contribution < 1.29 is 13.9 Å². The molecule has 1 aromatic rings. The molecule has 1 rings (SSSR count). The second-order valence-corrected chi connectivity index (χ2v) is 2.47. The van der Waals surface area contributed by atoms with E-state index >= 15 is 0 Å². The van der Waals surface area contributed by atoms with Gasteiger partial charge in [-0.15, -0.1) is 0 Å². The minimum atomic E-state index is -0.654. The summed E-state index contributed by atoms with van der Waals surface area (Å²) < 4.78 is 9.37. The highest BCUT2D eigenvalue weighted by Crippen LogP contribution is 1.98. The molecule has 4 nitrogen and oxygen atoms in total. The molecule has 1 heterocycles. The number of aryl methyl sites for hydroxylation is 1. The molecule has 13 heavy (non-hydrogen) atoms. The van der Waals surface area contributed by atoms with E-state index in [0.29, 0.717) is 5.76 Å².